The molecule has 0 N–H and O–H groups in total. The average molecular weight is 331 g/mol. The van der Waals surface area contributed by atoms with Gasteiger partial charge in [0.25, 0.3) is 0 Å². The molecule has 2 rings (SSSR count). The molecule has 0 fully saturated rings. The summed E-state index contributed by atoms with van der Waals surface area (Å²) < 4.78 is 6.72. The Labute approximate surface area is 127 Å². The third-order valence-electron chi connectivity index (χ3n) is 2.95. The molecule has 20 heavy (non-hydrogen) atoms. The fraction of sp³-hybridized carbons (Fsp3) is 0.188. The highest BCUT2D eigenvalue weighted by atomic mass is 79.9. The molecule has 0 aromatic heterocycles. The number of halogens is 1. The van der Waals surface area contributed by atoms with Gasteiger partial charge in [-0.3, -0.25) is 0 Å². The monoisotopic (exact) mass is 330 g/mol. The van der Waals surface area contributed by atoms with Gasteiger partial charge >= 0.3 is 0 Å². The highest BCUT2D eigenvalue weighted by Crippen LogP contribution is 2.17. The number of anilines is 1. The van der Waals surface area contributed by atoms with Crippen LogP contribution in [-0.4, -0.2) is 20.2 Å². The minimum Gasteiger partial charge on any atom is -0.492 e. The van der Waals surface area contributed by atoms with E-state index in [0.717, 1.165) is 22.5 Å². The average Bonchev–Trinajstić information content (AvgIpc) is 2.49. The first-order valence-electron chi connectivity index (χ1n) is 6.29. The zero-order valence-corrected chi connectivity index (χ0v) is 12.8. The predicted molar refractivity (Wildman–Crippen MR) is 84.1 cm³/mol. The van der Waals surface area contributed by atoms with E-state index in [1.54, 1.807) is 0 Å². The molecule has 0 radical (unpaired) electrons. The minimum atomic E-state index is 0.609. The second-order valence-corrected chi connectivity index (χ2v) is 5.30. The fourth-order valence-corrected chi connectivity index (χ4v) is 2.02. The SMILES string of the molecule is CN(CCOc1ccc(Br)cc1)c1ccc(C#N)cc1. The summed E-state index contributed by atoms with van der Waals surface area (Å²) in [6.45, 7) is 1.39. The van der Waals surface area contributed by atoms with Crippen molar-refractivity contribution in [1.82, 2.24) is 0 Å². The summed E-state index contributed by atoms with van der Waals surface area (Å²) in [5, 5.41) is 8.77. The molecule has 0 aliphatic heterocycles. The standard InChI is InChI=1S/C16H15BrN2O/c1-19(15-6-2-13(12-18)3-7-15)10-11-20-16-8-4-14(17)5-9-16/h2-9H,10-11H2,1H3. The van der Waals surface area contributed by atoms with Crippen molar-refractivity contribution in [3.05, 3.63) is 58.6 Å². The van der Waals surface area contributed by atoms with Gasteiger partial charge in [0.15, 0.2) is 0 Å². The van der Waals surface area contributed by atoms with Crippen LogP contribution in [0.2, 0.25) is 0 Å². The number of ether oxygens (including phenoxy) is 1. The Hall–Kier alpha value is -1.99. The van der Waals surface area contributed by atoms with Gasteiger partial charge in [-0.2, -0.15) is 5.26 Å². The molecule has 0 amide bonds. The molecule has 2 aromatic rings. The van der Waals surface area contributed by atoms with E-state index in [9.17, 15) is 0 Å². The van der Waals surface area contributed by atoms with Gasteiger partial charge in [0.05, 0.1) is 18.2 Å². The van der Waals surface area contributed by atoms with E-state index in [4.69, 9.17) is 10.00 Å². The lowest BCUT2D eigenvalue weighted by Gasteiger charge is -2.19. The summed E-state index contributed by atoms with van der Waals surface area (Å²) in [6, 6.07) is 17.4. The Bertz CT molecular complexity index is 587. The topological polar surface area (TPSA) is 36.3 Å². The van der Waals surface area contributed by atoms with E-state index in [-0.39, 0.29) is 0 Å². The van der Waals surface area contributed by atoms with Crippen LogP contribution in [0.4, 0.5) is 5.69 Å². The summed E-state index contributed by atoms with van der Waals surface area (Å²) in [7, 11) is 2.01. The van der Waals surface area contributed by atoms with Gasteiger partial charge in [0.2, 0.25) is 0 Å². The molecule has 2 aromatic carbocycles. The largest absolute Gasteiger partial charge is 0.492 e. The summed E-state index contributed by atoms with van der Waals surface area (Å²) in [5.74, 6) is 0.862. The van der Waals surface area contributed by atoms with Crippen molar-refractivity contribution in [3.8, 4) is 11.8 Å². The highest BCUT2D eigenvalue weighted by Gasteiger charge is 2.01. The van der Waals surface area contributed by atoms with Crippen molar-refractivity contribution in [2.24, 2.45) is 0 Å². The molecule has 0 saturated carbocycles. The number of nitrogens with zero attached hydrogens (tertiary/aromatic N) is 2. The van der Waals surface area contributed by atoms with Gasteiger partial charge in [0, 0.05) is 17.2 Å². The zero-order chi connectivity index (χ0) is 14.4. The Balaban J connectivity index is 1.84. The van der Waals surface area contributed by atoms with Crippen molar-refractivity contribution in [2.75, 3.05) is 25.1 Å². The smallest absolute Gasteiger partial charge is 0.119 e. The third kappa shape index (κ3) is 4.01. The number of hydrogen-bond acceptors (Lipinski definition) is 3. The van der Waals surface area contributed by atoms with E-state index in [1.165, 1.54) is 0 Å². The fourth-order valence-electron chi connectivity index (χ4n) is 1.75. The number of rotatable bonds is 5. The molecule has 0 atom stereocenters. The molecule has 0 bridgehead atoms. The Kier molecular flexibility index (Phi) is 5.03. The van der Waals surface area contributed by atoms with Gasteiger partial charge in [-0.1, -0.05) is 15.9 Å². The minimum absolute atomic E-state index is 0.609. The Morgan fingerprint density at radius 3 is 2.35 bits per heavy atom. The summed E-state index contributed by atoms with van der Waals surface area (Å²) >= 11 is 3.39. The summed E-state index contributed by atoms with van der Waals surface area (Å²) in [4.78, 5) is 2.10. The first-order chi connectivity index (χ1) is 9.69. The van der Waals surface area contributed by atoms with Crippen LogP contribution >= 0.6 is 15.9 Å². The van der Waals surface area contributed by atoms with Gasteiger partial charge in [-0.05, 0) is 48.5 Å². The third-order valence-corrected chi connectivity index (χ3v) is 3.47. The van der Waals surface area contributed by atoms with Gasteiger partial charge < -0.3 is 9.64 Å². The molecule has 0 aliphatic carbocycles. The van der Waals surface area contributed by atoms with Crippen molar-refractivity contribution in [2.45, 2.75) is 0 Å². The molecule has 102 valence electrons. The van der Waals surface area contributed by atoms with Gasteiger partial charge in [-0.25, -0.2) is 0 Å². The van der Waals surface area contributed by atoms with E-state index < -0.39 is 0 Å². The molecule has 0 heterocycles. The van der Waals surface area contributed by atoms with Crippen LogP contribution in [0.3, 0.4) is 0 Å². The molecule has 0 unspecified atom stereocenters. The molecular formula is C16H15BrN2O. The molecule has 0 spiro atoms. The van der Waals surface area contributed by atoms with E-state index in [0.29, 0.717) is 12.2 Å². The second-order valence-electron chi connectivity index (χ2n) is 4.38. The Morgan fingerprint density at radius 1 is 1.10 bits per heavy atom. The van der Waals surface area contributed by atoms with Crippen molar-refractivity contribution in [3.63, 3.8) is 0 Å². The van der Waals surface area contributed by atoms with Crippen molar-refractivity contribution in [1.29, 1.82) is 5.26 Å². The zero-order valence-electron chi connectivity index (χ0n) is 11.2. The van der Waals surface area contributed by atoms with Gasteiger partial charge in [0.1, 0.15) is 12.4 Å². The van der Waals surface area contributed by atoms with Crippen LogP contribution < -0.4 is 9.64 Å². The number of hydrogen-bond donors (Lipinski definition) is 0. The van der Waals surface area contributed by atoms with Gasteiger partial charge in [-0.15, -0.1) is 0 Å². The molecule has 0 aliphatic rings. The highest BCUT2D eigenvalue weighted by molar-refractivity contribution is 9.10. The summed E-state index contributed by atoms with van der Waals surface area (Å²) in [5.41, 5.74) is 1.75. The van der Waals surface area contributed by atoms with E-state index in [2.05, 4.69) is 26.9 Å². The van der Waals surface area contributed by atoms with Crippen molar-refractivity contribution < 1.29 is 4.74 Å². The maximum Gasteiger partial charge on any atom is 0.119 e. The maximum absolute atomic E-state index is 8.77. The molecule has 4 heteroatoms. The normalized spacial score (nSPS) is 9.85. The second kappa shape index (κ2) is 6.97. The Morgan fingerprint density at radius 2 is 1.75 bits per heavy atom. The lowest BCUT2D eigenvalue weighted by atomic mass is 10.2. The van der Waals surface area contributed by atoms with Crippen LogP contribution in [0.15, 0.2) is 53.0 Å². The first-order valence-corrected chi connectivity index (χ1v) is 7.08. The maximum atomic E-state index is 8.77. The lowest BCUT2D eigenvalue weighted by Crippen LogP contribution is -2.23. The molecule has 3 nitrogen and oxygen atoms in total. The van der Waals surface area contributed by atoms with Crippen LogP contribution in [0, 0.1) is 11.3 Å². The first kappa shape index (κ1) is 14.4. The van der Waals surface area contributed by atoms with Crippen LogP contribution in [-0.2, 0) is 0 Å². The van der Waals surface area contributed by atoms with E-state index >= 15 is 0 Å². The predicted octanol–water partition coefficient (Wildman–Crippen LogP) is 3.84. The number of benzene rings is 2. The quantitative estimate of drug-likeness (QED) is 0.835. The van der Waals surface area contributed by atoms with Crippen molar-refractivity contribution >= 4 is 21.6 Å². The summed E-state index contributed by atoms with van der Waals surface area (Å²) in [6.07, 6.45) is 0. The number of nitriles is 1. The number of likely N-dealkylation sites (N-methyl/N-ethyl adjacent to an activating group) is 1. The van der Waals surface area contributed by atoms with E-state index in [1.807, 2.05) is 55.6 Å². The molecule has 0 saturated heterocycles. The lowest BCUT2D eigenvalue weighted by molar-refractivity contribution is 0.326. The van der Waals surface area contributed by atoms with Crippen LogP contribution in [0.1, 0.15) is 5.56 Å². The molecular weight excluding hydrogens is 316 g/mol. The van der Waals surface area contributed by atoms with Crippen LogP contribution in [0.5, 0.6) is 5.75 Å². The van der Waals surface area contributed by atoms with Crippen LogP contribution in [0.25, 0.3) is 0 Å².